The van der Waals surface area contributed by atoms with Gasteiger partial charge in [0.15, 0.2) is 0 Å². The molecular weight excluding hydrogens is 353 g/mol. The minimum Gasteiger partial charge on any atom is -0.489 e. The monoisotopic (exact) mass is 373 g/mol. The SMILES string of the molecule is CC(C)Oc1cc(NC(=O)NC2(C(N)=O)CCCC2)c(Cl)cc1Cl. The number of ether oxygens (including phenoxy) is 1. The highest BCUT2D eigenvalue weighted by Crippen LogP contribution is 2.35. The van der Waals surface area contributed by atoms with E-state index in [0.29, 0.717) is 29.3 Å². The van der Waals surface area contributed by atoms with E-state index < -0.39 is 17.5 Å². The third kappa shape index (κ3) is 4.24. The van der Waals surface area contributed by atoms with Crippen LogP contribution in [0.5, 0.6) is 5.75 Å². The molecule has 1 aromatic carbocycles. The number of carbonyl (C=O) groups is 2. The zero-order chi connectivity index (χ0) is 17.9. The van der Waals surface area contributed by atoms with Gasteiger partial charge in [-0.3, -0.25) is 4.79 Å². The van der Waals surface area contributed by atoms with E-state index in [9.17, 15) is 9.59 Å². The molecule has 8 heteroatoms. The number of carbonyl (C=O) groups excluding carboxylic acids is 2. The number of halogens is 2. The Labute approximate surface area is 151 Å². The van der Waals surface area contributed by atoms with E-state index in [1.54, 1.807) is 6.07 Å². The summed E-state index contributed by atoms with van der Waals surface area (Å²) < 4.78 is 5.58. The van der Waals surface area contributed by atoms with Gasteiger partial charge >= 0.3 is 6.03 Å². The number of nitrogens with two attached hydrogens (primary N) is 1. The summed E-state index contributed by atoms with van der Waals surface area (Å²) in [6.45, 7) is 3.73. The average molecular weight is 374 g/mol. The highest BCUT2D eigenvalue weighted by Gasteiger charge is 2.41. The molecular formula is C16H21Cl2N3O3. The van der Waals surface area contributed by atoms with Gasteiger partial charge in [0.25, 0.3) is 0 Å². The molecule has 1 aliphatic rings. The largest absolute Gasteiger partial charge is 0.489 e. The minimum absolute atomic E-state index is 0.0815. The molecule has 6 nitrogen and oxygen atoms in total. The van der Waals surface area contributed by atoms with E-state index in [2.05, 4.69) is 10.6 Å². The van der Waals surface area contributed by atoms with Crippen molar-refractivity contribution in [2.24, 2.45) is 5.73 Å². The van der Waals surface area contributed by atoms with Gasteiger partial charge in [0.1, 0.15) is 11.3 Å². The van der Waals surface area contributed by atoms with Crippen molar-refractivity contribution >= 4 is 40.8 Å². The Morgan fingerprint density at radius 1 is 1.21 bits per heavy atom. The Bertz CT molecular complexity index is 644. The number of hydrogen-bond donors (Lipinski definition) is 3. The van der Waals surface area contributed by atoms with E-state index in [1.165, 1.54) is 6.07 Å². The first-order chi connectivity index (χ1) is 11.2. The number of urea groups is 1. The second kappa shape index (κ2) is 7.49. The van der Waals surface area contributed by atoms with Crippen LogP contribution in [0.1, 0.15) is 39.5 Å². The van der Waals surface area contributed by atoms with Gasteiger partial charge in [0.2, 0.25) is 5.91 Å². The first kappa shape index (κ1) is 18.7. The summed E-state index contributed by atoms with van der Waals surface area (Å²) in [7, 11) is 0. The van der Waals surface area contributed by atoms with Crippen LogP contribution in [0.3, 0.4) is 0 Å². The van der Waals surface area contributed by atoms with Gasteiger partial charge in [-0.1, -0.05) is 36.0 Å². The molecule has 0 unspecified atom stereocenters. The fourth-order valence-electron chi connectivity index (χ4n) is 2.75. The molecule has 132 valence electrons. The molecule has 0 spiro atoms. The maximum atomic E-state index is 12.3. The first-order valence-corrected chi connectivity index (χ1v) is 8.54. The number of primary amides is 1. The molecule has 1 saturated carbocycles. The van der Waals surface area contributed by atoms with Crippen LogP contribution < -0.4 is 21.1 Å². The van der Waals surface area contributed by atoms with Crippen LogP contribution in [0, 0.1) is 0 Å². The van der Waals surface area contributed by atoms with Crippen LogP contribution >= 0.6 is 23.2 Å². The number of benzene rings is 1. The highest BCUT2D eigenvalue weighted by molar-refractivity contribution is 6.37. The fraction of sp³-hybridized carbons (Fsp3) is 0.500. The lowest BCUT2D eigenvalue weighted by molar-refractivity contribution is -0.123. The van der Waals surface area contributed by atoms with E-state index in [4.69, 9.17) is 33.7 Å². The number of rotatable bonds is 5. The quantitative estimate of drug-likeness (QED) is 0.734. The van der Waals surface area contributed by atoms with Crippen molar-refractivity contribution in [3.8, 4) is 5.75 Å². The summed E-state index contributed by atoms with van der Waals surface area (Å²) in [5, 5.41) is 5.93. The smallest absolute Gasteiger partial charge is 0.320 e. The number of amides is 3. The summed E-state index contributed by atoms with van der Waals surface area (Å²) in [6, 6.07) is 2.50. The van der Waals surface area contributed by atoms with Crippen LogP contribution in [0.25, 0.3) is 0 Å². The van der Waals surface area contributed by atoms with E-state index in [1.807, 2.05) is 13.8 Å². The molecule has 0 atom stereocenters. The lowest BCUT2D eigenvalue weighted by atomic mass is 9.97. The van der Waals surface area contributed by atoms with E-state index in [-0.39, 0.29) is 11.1 Å². The topological polar surface area (TPSA) is 93.4 Å². The van der Waals surface area contributed by atoms with Crippen molar-refractivity contribution in [1.82, 2.24) is 5.32 Å². The van der Waals surface area contributed by atoms with Crippen molar-refractivity contribution in [2.75, 3.05) is 5.32 Å². The third-order valence-electron chi connectivity index (χ3n) is 3.91. The standard InChI is InChI=1S/C16H21Cl2N3O3/c1-9(2)24-13-8-12(10(17)7-11(13)18)20-15(23)21-16(14(19)22)5-3-4-6-16/h7-9H,3-6H2,1-2H3,(H2,19,22)(H2,20,21,23). The Kier molecular flexibility index (Phi) is 5.83. The molecule has 0 heterocycles. The van der Waals surface area contributed by atoms with Gasteiger partial charge < -0.3 is 21.1 Å². The lowest BCUT2D eigenvalue weighted by Crippen LogP contribution is -2.56. The van der Waals surface area contributed by atoms with Crippen LogP contribution in [0.15, 0.2) is 12.1 Å². The molecule has 24 heavy (non-hydrogen) atoms. The van der Waals surface area contributed by atoms with E-state index in [0.717, 1.165) is 12.8 Å². The molecule has 0 aliphatic heterocycles. The Morgan fingerprint density at radius 3 is 2.38 bits per heavy atom. The number of hydrogen-bond acceptors (Lipinski definition) is 3. The predicted molar refractivity (Wildman–Crippen MR) is 94.8 cm³/mol. The molecule has 1 fully saturated rings. The third-order valence-corrected chi connectivity index (χ3v) is 4.52. The summed E-state index contributed by atoms with van der Waals surface area (Å²) in [6.07, 6.45) is 2.67. The lowest BCUT2D eigenvalue weighted by Gasteiger charge is -2.26. The van der Waals surface area contributed by atoms with Gasteiger partial charge in [-0.25, -0.2) is 4.79 Å². The predicted octanol–water partition coefficient (Wildman–Crippen LogP) is 3.70. The van der Waals surface area contributed by atoms with Crippen LogP contribution in [0.2, 0.25) is 10.0 Å². The molecule has 0 radical (unpaired) electrons. The van der Waals surface area contributed by atoms with Gasteiger partial charge in [-0.2, -0.15) is 0 Å². The molecule has 1 aromatic rings. The maximum Gasteiger partial charge on any atom is 0.320 e. The molecule has 1 aliphatic carbocycles. The highest BCUT2D eigenvalue weighted by atomic mass is 35.5. The fourth-order valence-corrected chi connectivity index (χ4v) is 3.23. The second-order valence-corrected chi connectivity index (χ2v) is 6.98. The second-order valence-electron chi connectivity index (χ2n) is 6.16. The minimum atomic E-state index is -1.000. The van der Waals surface area contributed by atoms with E-state index >= 15 is 0 Å². The van der Waals surface area contributed by atoms with Crippen LogP contribution in [-0.4, -0.2) is 23.6 Å². The van der Waals surface area contributed by atoms with Crippen molar-refractivity contribution in [2.45, 2.75) is 51.2 Å². The zero-order valence-electron chi connectivity index (χ0n) is 13.6. The molecule has 2 rings (SSSR count). The summed E-state index contributed by atoms with van der Waals surface area (Å²) in [5.41, 5.74) is 4.80. The van der Waals surface area contributed by atoms with Crippen LogP contribution in [0.4, 0.5) is 10.5 Å². The first-order valence-electron chi connectivity index (χ1n) is 7.78. The molecule has 0 aromatic heterocycles. The summed E-state index contributed by atoms with van der Waals surface area (Å²) in [5.74, 6) is -0.113. The Hall–Kier alpha value is -1.66. The number of nitrogens with one attached hydrogen (secondary N) is 2. The molecule has 3 amide bonds. The Balaban J connectivity index is 2.15. The molecule has 4 N–H and O–H groups in total. The Morgan fingerprint density at radius 2 is 1.83 bits per heavy atom. The van der Waals surface area contributed by atoms with Crippen LogP contribution in [-0.2, 0) is 4.79 Å². The number of anilines is 1. The van der Waals surface area contributed by atoms with Gasteiger partial charge in [0, 0.05) is 6.07 Å². The molecule has 0 bridgehead atoms. The maximum absolute atomic E-state index is 12.3. The van der Waals surface area contributed by atoms with Crippen molar-refractivity contribution in [3.05, 3.63) is 22.2 Å². The van der Waals surface area contributed by atoms with Crippen molar-refractivity contribution in [1.29, 1.82) is 0 Å². The summed E-state index contributed by atoms with van der Waals surface area (Å²) >= 11 is 12.2. The van der Waals surface area contributed by atoms with Gasteiger partial charge in [-0.05, 0) is 32.8 Å². The van der Waals surface area contributed by atoms with Crippen molar-refractivity contribution in [3.63, 3.8) is 0 Å². The van der Waals surface area contributed by atoms with Crippen molar-refractivity contribution < 1.29 is 14.3 Å². The summed E-state index contributed by atoms with van der Waals surface area (Å²) in [4.78, 5) is 24.0. The van der Waals surface area contributed by atoms with Gasteiger partial charge in [-0.15, -0.1) is 0 Å². The average Bonchev–Trinajstić information content (AvgIpc) is 2.93. The van der Waals surface area contributed by atoms with Gasteiger partial charge in [0.05, 0.1) is 21.8 Å². The zero-order valence-corrected chi connectivity index (χ0v) is 15.1. The normalized spacial score (nSPS) is 16.0. The molecule has 0 saturated heterocycles.